The van der Waals surface area contributed by atoms with Gasteiger partial charge in [-0.25, -0.2) is 14.4 Å². The van der Waals surface area contributed by atoms with Gasteiger partial charge in [0.1, 0.15) is 12.2 Å². The van der Waals surface area contributed by atoms with Crippen LogP contribution in [-0.4, -0.2) is 59.9 Å². The zero-order valence-electron chi connectivity index (χ0n) is 19.7. The molecule has 0 bridgehead atoms. The van der Waals surface area contributed by atoms with Crippen molar-refractivity contribution in [2.75, 3.05) is 36.5 Å². The van der Waals surface area contributed by atoms with Crippen LogP contribution in [0.2, 0.25) is 0 Å². The van der Waals surface area contributed by atoms with Crippen molar-refractivity contribution in [3.63, 3.8) is 0 Å². The normalized spacial score (nSPS) is 13.3. The van der Waals surface area contributed by atoms with Crippen molar-refractivity contribution in [1.29, 1.82) is 0 Å². The number of hydrogen-bond acceptors (Lipinski definition) is 6. The monoisotopic (exact) mass is 469 g/mol. The molecule has 1 saturated heterocycles. The topological polar surface area (TPSA) is 113 Å². The number of carbonyl (C=O) groups is 3. The maximum Gasteiger partial charge on any atom is 0.414 e. The van der Waals surface area contributed by atoms with Gasteiger partial charge in [0.05, 0.1) is 13.1 Å². The minimum absolute atomic E-state index is 0.345. The molecule has 0 spiro atoms. The number of urea groups is 1. The first-order chi connectivity index (χ1) is 16.2. The number of aromatic nitrogens is 1. The van der Waals surface area contributed by atoms with E-state index in [0.29, 0.717) is 50.6 Å². The second-order valence-corrected chi connectivity index (χ2v) is 8.81. The van der Waals surface area contributed by atoms with Gasteiger partial charge < -0.3 is 25.0 Å². The minimum atomic E-state index is -0.608. The number of amides is 4. The molecule has 4 amide bonds. The van der Waals surface area contributed by atoms with Crippen molar-refractivity contribution in [2.24, 2.45) is 0 Å². The summed E-state index contributed by atoms with van der Waals surface area (Å²) < 4.78 is 10.5. The lowest BCUT2D eigenvalue weighted by Crippen LogP contribution is -2.38. The molecule has 0 saturated carbocycles. The van der Waals surface area contributed by atoms with Crippen LogP contribution in [0.15, 0.2) is 48.8 Å². The molecular formula is C24H31N5O5. The molecule has 3 rings (SSSR count). The molecule has 2 heterocycles. The van der Waals surface area contributed by atoms with Gasteiger partial charge in [-0.05, 0) is 57.0 Å². The third kappa shape index (κ3) is 7.65. The quantitative estimate of drug-likeness (QED) is 0.565. The summed E-state index contributed by atoms with van der Waals surface area (Å²) in [6.45, 7) is 7.40. The van der Waals surface area contributed by atoms with E-state index >= 15 is 0 Å². The third-order valence-electron chi connectivity index (χ3n) is 4.81. The smallest absolute Gasteiger partial charge is 0.414 e. The molecule has 10 nitrogen and oxygen atoms in total. The summed E-state index contributed by atoms with van der Waals surface area (Å²) >= 11 is 0. The van der Waals surface area contributed by atoms with Crippen LogP contribution in [-0.2, 0) is 16.0 Å². The van der Waals surface area contributed by atoms with E-state index < -0.39 is 17.8 Å². The summed E-state index contributed by atoms with van der Waals surface area (Å²) in [6, 6.07) is 10.3. The highest BCUT2D eigenvalue weighted by molar-refractivity contribution is 5.93. The Morgan fingerprint density at radius 1 is 1.24 bits per heavy atom. The number of nitrogens with one attached hydrogen (secondary N) is 2. The fourth-order valence-electron chi connectivity index (χ4n) is 3.30. The van der Waals surface area contributed by atoms with Crippen molar-refractivity contribution >= 4 is 29.6 Å². The second-order valence-electron chi connectivity index (χ2n) is 8.81. The molecule has 2 aromatic rings. The predicted molar refractivity (Wildman–Crippen MR) is 128 cm³/mol. The lowest BCUT2D eigenvalue weighted by atomic mass is 10.2. The highest BCUT2D eigenvalue weighted by Crippen LogP contribution is 2.22. The Balaban J connectivity index is 1.49. The van der Waals surface area contributed by atoms with Crippen molar-refractivity contribution < 1.29 is 23.9 Å². The van der Waals surface area contributed by atoms with E-state index in [1.807, 2.05) is 32.9 Å². The fraction of sp³-hybridized carbons (Fsp3) is 0.417. The zero-order valence-corrected chi connectivity index (χ0v) is 19.7. The van der Waals surface area contributed by atoms with Crippen LogP contribution in [0.25, 0.3) is 0 Å². The molecule has 2 N–H and O–H groups in total. The average Bonchev–Trinajstić information content (AvgIpc) is 3.21. The van der Waals surface area contributed by atoms with E-state index in [4.69, 9.17) is 9.47 Å². The van der Waals surface area contributed by atoms with Crippen molar-refractivity contribution in [1.82, 2.24) is 15.2 Å². The highest BCUT2D eigenvalue weighted by atomic mass is 16.6. The number of ether oxygens (including phenoxy) is 2. The number of anilines is 2. The Morgan fingerprint density at radius 3 is 2.74 bits per heavy atom. The number of nitrogens with zero attached hydrogens (tertiary/aromatic N) is 3. The Morgan fingerprint density at radius 2 is 2.06 bits per heavy atom. The van der Waals surface area contributed by atoms with Gasteiger partial charge in [0.15, 0.2) is 0 Å². The van der Waals surface area contributed by atoms with E-state index in [0.717, 1.165) is 5.56 Å². The number of pyridine rings is 1. The van der Waals surface area contributed by atoms with Crippen LogP contribution in [0, 0.1) is 0 Å². The Hall–Kier alpha value is -3.82. The fourth-order valence-corrected chi connectivity index (χ4v) is 3.30. The summed E-state index contributed by atoms with van der Waals surface area (Å²) in [6.07, 6.45) is 3.10. The summed E-state index contributed by atoms with van der Waals surface area (Å²) in [5.74, 6) is 0. The average molecular weight is 470 g/mol. The molecule has 1 fully saturated rings. The van der Waals surface area contributed by atoms with Crippen LogP contribution in [0.3, 0.4) is 0 Å². The predicted octanol–water partition coefficient (Wildman–Crippen LogP) is 3.99. The van der Waals surface area contributed by atoms with Crippen LogP contribution >= 0.6 is 0 Å². The molecule has 1 aliphatic rings. The van der Waals surface area contributed by atoms with Crippen molar-refractivity contribution in [3.8, 4) is 0 Å². The minimum Gasteiger partial charge on any atom is -0.447 e. The molecule has 1 aromatic heterocycles. The summed E-state index contributed by atoms with van der Waals surface area (Å²) in [5.41, 5.74) is 1.49. The van der Waals surface area contributed by atoms with Gasteiger partial charge in [-0.15, -0.1) is 0 Å². The van der Waals surface area contributed by atoms with E-state index in [2.05, 4.69) is 15.6 Å². The van der Waals surface area contributed by atoms with E-state index in [1.165, 1.54) is 4.90 Å². The van der Waals surface area contributed by atoms with Gasteiger partial charge in [-0.2, -0.15) is 0 Å². The number of hydrogen-bond donors (Lipinski definition) is 2. The molecule has 34 heavy (non-hydrogen) atoms. The molecule has 0 atom stereocenters. The molecule has 182 valence electrons. The molecular weight excluding hydrogens is 438 g/mol. The number of cyclic esters (lactones) is 1. The van der Waals surface area contributed by atoms with Gasteiger partial charge in [-0.3, -0.25) is 9.88 Å². The molecule has 0 radical (unpaired) electrons. The lowest BCUT2D eigenvalue weighted by molar-refractivity contribution is 0.0232. The van der Waals surface area contributed by atoms with E-state index in [9.17, 15) is 14.4 Å². The van der Waals surface area contributed by atoms with Gasteiger partial charge in [0.2, 0.25) is 0 Å². The molecule has 1 aliphatic heterocycles. The van der Waals surface area contributed by atoms with Gasteiger partial charge in [0, 0.05) is 36.9 Å². The lowest BCUT2D eigenvalue weighted by Gasteiger charge is -2.27. The van der Waals surface area contributed by atoms with E-state index in [-0.39, 0.29) is 6.03 Å². The number of carbonyl (C=O) groups excluding carboxylic acids is 3. The summed E-state index contributed by atoms with van der Waals surface area (Å²) in [5, 5.41) is 5.55. The third-order valence-corrected chi connectivity index (χ3v) is 4.81. The summed E-state index contributed by atoms with van der Waals surface area (Å²) in [4.78, 5) is 43.9. The molecule has 0 unspecified atom stereocenters. The first-order valence-electron chi connectivity index (χ1n) is 11.2. The van der Waals surface area contributed by atoms with Gasteiger partial charge in [0.25, 0.3) is 0 Å². The zero-order chi connectivity index (χ0) is 24.6. The standard InChI is InChI=1S/C24H31N5O5/c1-24(2,3)34-22(31)28(17-18-7-5-10-25-16-18)12-6-11-26-21(30)27-19-8-4-9-20(15-19)29-13-14-33-23(29)32/h4-5,7-10,15-16H,6,11-14,17H2,1-3H3,(H2,26,27,30). The Bertz CT molecular complexity index is 993. The number of rotatable bonds is 8. The number of benzene rings is 1. The largest absolute Gasteiger partial charge is 0.447 e. The van der Waals surface area contributed by atoms with Gasteiger partial charge in [-0.1, -0.05) is 12.1 Å². The highest BCUT2D eigenvalue weighted by Gasteiger charge is 2.24. The van der Waals surface area contributed by atoms with Crippen LogP contribution in [0.5, 0.6) is 0 Å². The SMILES string of the molecule is CC(C)(C)OC(=O)N(CCCNC(=O)Nc1cccc(N2CCOC2=O)c1)Cc1cccnc1. The first kappa shape index (κ1) is 24.8. The Labute approximate surface area is 199 Å². The van der Waals surface area contributed by atoms with Crippen LogP contribution in [0.1, 0.15) is 32.8 Å². The maximum absolute atomic E-state index is 12.6. The maximum atomic E-state index is 12.6. The van der Waals surface area contributed by atoms with Crippen LogP contribution < -0.4 is 15.5 Å². The second kappa shape index (κ2) is 11.4. The molecule has 0 aliphatic carbocycles. The Kier molecular flexibility index (Phi) is 8.29. The van der Waals surface area contributed by atoms with Gasteiger partial charge >= 0.3 is 18.2 Å². The summed E-state index contributed by atoms with van der Waals surface area (Å²) in [7, 11) is 0. The van der Waals surface area contributed by atoms with Crippen LogP contribution in [0.4, 0.5) is 25.8 Å². The van der Waals surface area contributed by atoms with Crippen molar-refractivity contribution in [3.05, 3.63) is 54.4 Å². The molecule has 1 aromatic carbocycles. The van der Waals surface area contributed by atoms with Crippen molar-refractivity contribution in [2.45, 2.75) is 39.3 Å². The first-order valence-corrected chi connectivity index (χ1v) is 11.2. The molecule has 10 heteroatoms. The van der Waals surface area contributed by atoms with E-state index in [1.54, 1.807) is 41.6 Å².